The zero-order chi connectivity index (χ0) is 28.6. The summed E-state index contributed by atoms with van der Waals surface area (Å²) in [5, 5.41) is 10.7. The fraction of sp³-hybridized carbons (Fsp3) is 0.433. The molecule has 0 aliphatic rings. The number of urea groups is 1. The highest BCUT2D eigenvalue weighted by Crippen LogP contribution is 2.28. The number of para-hydroxylation sites is 2. The van der Waals surface area contributed by atoms with E-state index in [9.17, 15) is 9.59 Å². The Bertz CT molecular complexity index is 1280. The van der Waals surface area contributed by atoms with E-state index in [0.29, 0.717) is 43.4 Å². The van der Waals surface area contributed by atoms with E-state index in [0.717, 1.165) is 22.5 Å². The van der Waals surface area contributed by atoms with E-state index in [4.69, 9.17) is 14.6 Å². The third-order valence-electron chi connectivity index (χ3n) is 6.15. The predicted octanol–water partition coefficient (Wildman–Crippen LogP) is 5.69. The molecule has 0 aliphatic heterocycles. The maximum absolute atomic E-state index is 13.3. The Labute approximate surface area is 231 Å². The van der Waals surface area contributed by atoms with E-state index in [-0.39, 0.29) is 17.9 Å². The molecule has 0 atom stereocenters. The topological polar surface area (TPSA) is 97.7 Å². The van der Waals surface area contributed by atoms with Crippen LogP contribution in [0.4, 0.5) is 16.3 Å². The fourth-order valence-corrected chi connectivity index (χ4v) is 4.12. The van der Waals surface area contributed by atoms with Crippen LogP contribution in [0.3, 0.4) is 0 Å². The molecule has 2 aromatic carbocycles. The Morgan fingerprint density at radius 3 is 2.46 bits per heavy atom. The van der Waals surface area contributed by atoms with E-state index in [1.54, 1.807) is 23.9 Å². The lowest BCUT2D eigenvalue weighted by atomic mass is 9.92. The van der Waals surface area contributed by atoms with E-state index in [2.05, 4.69) is 37.5 Å². The van der Waals surface area contributed by atoms with Crippen LogP contribution in [0.5, 0.6) is 5.75 Å². The zero-order valence-corrected chi connectivity index (χ0v) is 24.1. The maximum atomic E-state index is 13.3. The van der Waals surface area contributed by atoms with Gasteiger partial charge in [0, 0.05) is 31.7 Å². The van der Waals surface area contributed by atoms with Gasteiger partial charge in [-0.25, -0.2) is 9.48 Å². The summed E-state index contributed by atoms with van der Waals surface area (Å²) in [4.78, 5) is 28.1. The average molecular weight is 536 g/mol. The number of hydrogen-bond acceptors (Lipinski definition) is 5. The van der Waals surface area contributed by atoms with Gasteiger partial charge < -0.3 is 25.0 Å². The van der Waals surface area contributed by atoms with Gasteiger partial charge in [-0.05, 0) is 51.0 Å². The minimum Gasteiger partial charge on any atom is -0.492 e. The number of amides is 3. The summed E-state index contributed by atoms with van der Waals surface area (Å²) in [5.74, 6) is 0.796. The Morgan fingerprint density at radius 2 is 1.79 bits per heavy atom. The first-order valence-electron chi connectivity index (χ1n) is 13.3. The van der Waals surface area contributed by atoms with Crippen molar-refractivity contribution in [2.45, 2.75) is 53.4 Å². The number of carbonyl (C=O) groups is 2. The maximum Gasteiger partial charge on any atom is 0.322 e. The lowest BCUT2D eigenvalue weighted by Crippen LogP contribution is -2.41. The number of nitrogens with one attached hydrogen (secondary N) is 2. The third kappa shape index (κ3) is 8.07. The van der Waals surface area contributed by atoms with Gasteiger partial charge in [-0.3, -0.25) is 4.79 Å². The molecule has 2 N–H and O–H groups in total. The van der Waals surface area contributed by atoms with Crippen LogP contribution in [0.1, 0.15) is 50.9 Å². The van der Waals surface area contributed by atoms with Crippen molar-refractivity contribution in [3.05, 3.63) is 65.4 Å². The zero-order valence-electron chi connectivity index (χ0n) is 24.1. The van der Waals surface area contributed by atoms with Gasteiger partial charge >= 0.3 is 6.03 Å². The monoisotopic (exact) mass is 535 g/mol. The molecule has 0 radical (unpaired) electrons. The van der Waals surface area contributed by atoms with Gasteiger partial charge in [-0.2, -0.15) is 5.10 Å². The number of aryl methyl sites for hydroxylation is 2. The van der Waals surface area contributed by atoms with E-state index in [1.807, 2.05) is 51.1 Å². The first-order valence-corrected chi connectivity index (χ1v) is 13.3. The van der Waals surface area contributed by atoms with Gasteiger partial charge in [0.25, 0.3) is 0 Å². The van der Waals surface area contributed by atoms with Crippen LogP contribution in [0.2, 0.25) is 0 Å². The molecule has 3 rings (SSSR count). The van der Waals surface area contributed by atoms with Gasteiger partial charge in [0.15, 0.2) is 0 Å². The molecule has 1 heterocycles. The van der Waals surface area contributed by atoms with Crippen molar-refractivity contribution in [1.29, 1.82) is 0 Å². The number of ether oxygens (including phenoxy) is 2. The highest BCUT2D eigenvalue weighted by molar-refractivity contribution is 5.97. The first kappa shape index (κ1) is 29.7. The first-order chi connectivity index (χ1) is 18.5. The van der Waals surface area contributed by atoms with Gasteiger partial charge in [-0.1, -0.05) is 50.6 Å². The molecule has 9 nitrogen and oxygen atoms in total. The summed E-state index contributed by atoms with van der Waals surface area (Å²) < 4.78 is 12.6. The molecule has 0 bridgehead atoms. The lowest BCUT2D eigenvalue weighted by molar-refractivity contribution is -0.116. The number of methoxy groups -OCH3 is 1. The summed E-state index contributed by atoms with van der Waals surface area (Å²) in [6.45, 7) is 13.3. The summed E-state index contributed by atoms with van der Waals surface area (Å²) in [6, 6.07) is 14.8. The molecule has 3 amide bonds. The molecule has 9 heteroatoms. The number of nitrogens with zero attached hydrogens (tertiary/aromatic N) is 3. The number of hydrogen-bond donors (Lipinski definition) is 2. The van der Waals surface area contributed by atoms with E-state index in [1.165, 1.54) is 4.90 Å². The number of rotatable bonds is 11. The Hall–Kier alpha value is -3.85. The molecule has 0 aliphatic carbocycles. The number of aromatic nitrogens is 2. The van der Waals surface area contributed by atoms with E-state index < -0.39 is 6.03 Å². The Kier molecular flexibility index (Phi) is 10.1. The number of carbonyl (C=O) groups excluding carboxylic acids is 2. The van der Waals surface area contributed by atoms with Crippen molar-refractivity contribution in [2.24, 2.45) is 0 Å². The molecule has 39 heavy (non-hydrogen) atoms. The largest absolute Gasteiger partial charge is 0.492 e. The second kappa shape index (κ2) is 13.3. The smallest absolute Gasteiger partial charge is 0.322 e. The minimum absolute atomic E-state index is 0.144. The molecular weight excluding hydrogens is 494 g/mol. The number of benzene rings is 2. The fourth-order valence-electron chi connectivity index (χ4n) is 4.12. The molecule has 0 fully saturated rings. The van der Waals surface area contributed by atoms with Crippen LogP contribution >= 0.6 is 0 Å². The molecule has 0 spiro atoms. The SMILES string of the molecule is CCOc1ccccc1NC(=O)N(CCCOC)CC(=O)Nc1cc(C(C)(C)C)nn1-c1ccc(C)cc1C. The average Bonchev–Trinajstić information content (AvgIpc) is 3.28. The van der Waals surface area contributed by atoms with Crippen molar-refractivity contribution < 1.29 is 19.1 Å². The third-order valence-corrected chi connectivity index (χ3v) is 6.15. The second-order valence-corrected chi connectivity index (χ2v) is 10.5. The van der Waals surface area contributed by atoms with Crippen molar-refractivity contribution in [1.82, 2.24) is 14.7 Å². The molecule has 0 saturated heterocycles. The molecule has 210 valence electrons. The van der Waals surface area contributed by atoms with Crippen LogP contribution in [0.15, 0.2) is 48.5 Å². The highest BCUT2D eigenvalue weighted by atomic mass is 16.5. The van der Waals surface area contributed by atoms with Crippen LogP contribution in [-0.4, -0.2) is 60.0 Å². The highest BCUT2D eigenvalue weighted by Gasteiger charge is 2.24. The molecule has 0 saturated carbocycles. The molecule has 0 unspecified atom stereocenters. The summed E-state index contributed by atoms with van der Waals surface area (Å²) in [5.41, 5.74) is 4.25. The van der Waals surface area contributed by atoms with Crippen LogP contribution in [0, 0.1) is 13.8 Å². The van der Waals surface area contributed by atoms with Crippen molar-refractivity contribution in [2.75, 3.05) is 44.0 Å². The van der Waals surface area contributed by atoms with Gasteiger partial charge in [0.1, 0.15) is 18.1 Å². The predicted molar refractivity (Wildman–Crippen MR) is 155 cm³/mol. The standard InChI is InChI=1S/C30H41N5O4/c1-8-39-25-13-10-9-12-23(25)31-29(37)34(16-11-17-38-7)20-28(36)32-27-19-26(30(4,5)6)33-35(27)24-15-14-21(2)18-22(24)3/h9-10,12-15,18-19H,8,11,16-17,20H2,1-7H3,(H,31,37)(H,32,36). The summed E-state index contributed by atoms with van der Waals surface area (Å²) >= 11 is 0. The van der Waals surface area contributed by atoms with Gasteiger partial charge in [0.05, 0.1) is 23.7 Å². The summed E-state index contributed by atoms with van der Waals surface area (Å²) in [7, 11) is 1.61. The van der Waals surface area contributed by atoms with Crippen LogP contribution in [-0.2, 0) is 14.9 Å². The molecule has 3 aromatic rings. The number of anilines is 2. The van der Waals surface area contributed by atoms with Crippen molar-refractivity contribution in [3.8, 4) is 11.4 Å². The van der Waals surface area contributed by atoms with Gasteiger partial charge in [0.2, 0.25) is 5.91 Å². The van der Waals surface area contributed by atoms with Crippen LogP contribution in [0.25, 0.3) is 5.69 Å². The van der Waals surface area contributed by atoms with Crippen molar-refractivity contribution >= 4 is 23.4 Å². The lowest BCUT2D eigenvalue weighted by Gasteiger charge is -2.23. The van der Waals surface area contributed by atoms with Crippen LogP contribution < -0.4 is 15.4 Å². The van der Waals surface area contributed by atoms with Crippen molar-refractivity contribution in [3.63, 3.8) is 0 Å². The summed E-state index contributed by atoms with van der Waals surface area (Å²) in [6.07, 6.45) is 0.582. The molecule has 1 aromatic heterocycles. The van der Waals surface area contributed by atoms with Gasteiger partial charge in [-0.15, -0.1) is 0 Å². The minimum atomic E-state index is -0.397. The van der Waals surface area contributed by atoms with E-state index >= 15 is 0 Å². The second-order valence-electron chi connectivity index (χ2n) is 10.5. The quantitative estimate of drug-likeness (QED) is 0.307. The normalized spacial score (nSPS) is 11.3. The Morgan fingerprint density at radius 1 is 1.05 bits per heavy atom. The Balaban J connectivity index is 1.84. The molecular formula is C30H41N5O4.